The van der Waals surface area contributed by atoms with Gasteiger partial charge in [0.25, 0.3) is 5.91 Å². The molecule has 0 spiro atoms. The summed E-state index contributed by atoms with van der Waals surface area (Å²) in [6.07, 6.45) is 1.05. The van der Waals surface area contributed by atoms with Gasteiger partial charge in [-0.3, -0.25) is 9.52 Å². The number of hydrogen-bond donors (Lipinski definition) is 3. The van der Waals surface area contributed by atoms with Crippen molar-refractivity contribution in [2.75, 3.05) is 16.3 Å². The van der Waals surface area contributed by atoms with Crippen molar-refractivity contribution in [3.63, 3.8) is 0 Å². The quantitative estimate of drug-likeness (QED) is 0.797. The highest BCUT2D eigenvalue weighted by Crippen LogP contribution is 2.23. The fraction of sp³-hybridized carbons (Fsp3) is 0.0714. The van der Waals surface area contributed by atoms with Gasteiger partial charge in [0, 0.05) is 16.4 Å². The summed E-state index contributed by atoms with van der Waals surface area (Å²) in [4.78, 5) is 12.1. The molecule has 6 nitrogen and oxygen atoms in total. The number of amides is 1. The molecule has 0 bridgehead atoms. The Morgan fingerprint density at radius 1 is 1.09 bits per heavy atom. The van der Waals surface area contributed by atoms with Crippen molar-refractivity contribution in [1.82, 2.24) is 0 Å². The zero-order chi connectivity index (χ0) is 16.3. The van der Waals surface area contributed by atoms with Crippen LogP contribution in [0.5, 0.6) is 5.75 Å². The van der Waals surface area contributed by atoms with Gasteiger partial charge < -0.3 is 10.4 Å². The molecule has 0 heterocycles. The SMILES string of the molecule is CS(=O)(=O)Nc1ccc(NC(=O)c2cc(Cl)ccc2O)cc1. The van der Waals surface area contributed by atoms with E-state index in [1.807, 2.05) is 0 Å². The molecule has 22 heavy (non-hydrogen) atoms. The first-order valence-electron chi connectivity index (χ1n) is 6.12. The smallest absolute Gasteiger partial charge is 0.259 e. The number of rotatable bonds is 4. The molecule has 0 aliphatic heterocycles. The van der Waals surface area contributed by atoms with Gasteiger partial charge in [0.05, 0.1) is 11.8 Å². The number of nitrogens with one attached hydrogen (secondary N) is 2. The molecule has 116 valence electrons. The summed E-state index contributed by atoms with van der Waals surface area (Å²) in [5.74, 6) is -0.707. The summed E-state index contributed by atoms with van der Waals surface area (Å²) in [6.45, 7) is 0. The average molecular weight is 341 g/mol. The zero-order valence-electron chi connectivity index (χ0n) is 11.5. The van der Waals surface area contributed by atoms with Gasteiger partial charge in [-0.1, -0.05) is 11.6 Å². The summed E-state index contributed by atoms with van der Waals surface area (Å²) in [7, 11) is -3.35. The van der Waals surface area contributed by atoms with Crippen molar-refractivity contribution in [1.29, 1.82) is 0 Å². The summed E-state index contributed by atoms with van der Waals surface area (Å²) >= 11 is 5.79. The molecule has 0 aliphatic rings. The van der Waals surface area contributed by atoms with Crippen LogP contribution < -0.4 is 10.0 Å². The summed E-state index contributed by atoms with van der Waals surface area (Å²) < 4.78 is 24.5. The van der Waals surface area contributed by atoms with E-state index in [0.29, 0.717) is 16.4 Å². The first-order chi connectivity index (χ1) is 10.2. The normalized spacial score (nSPS) is 11.0. The van der Waals surface area contributed by atoms with Gasteiger partial charge in [0.15, 0.2) is 0 Å². The van der Waals surface area contributed by atoms with Gasteiger partial charge in [-0.2, -0.15) is 0 Å². The molecule has 0 radical (unpaired) electrons. The third-order valence-electron chi connectivity index (χ3n) is 2.65. The molecule has 2 aromatic rings. The lowest BCUT2D eigenvalue weighted by atomic mass is 10.2. The van der Waals surface area contributed by atoms with Gasteiger partial charge in [0.1, 0.15) is 5.75 Å². The number of phenolic OH excluding ortho intramolecular Hbond substituents is 1. The molecular formula is C14H13ClN2O4S. The monoisotopic (exact) mass is 340 g/mol. The molecule has 0 aromatic heterocycles. The third kappa shape index (κ3) is 4.37. The van der Waals surface area contributed by atoms with E-state index >= 15 is 0 Å². The lowest BCUT2D eigenvalue weighted by Crippen LogP contribution is -2.12. The van der Waals surface area contributed by atoms with Crippen LogP contribution in [0.15, 0.2) is 42.5 Å². The molecule has 0 saturated carbocycles. The minimum Gasteiger partial charge on any atom is -0.507 e. The first-order valence-corrected chi connectivity index (χ1v) is 8.39. The minimum absolute atomic E-state index is 0.0471. The topological polar surface area (TPSA) is 95.5 Å². The standard InChI is InChI=1S/C14H13ClN2O4S/c1-22(20,21)17-11-5-3-10(4-6-11)16-14(19)12-8-9(15)2-7-13(12)18/h2-8,17-18H,1H3,(H,16,19). The molecule has 2 rings (SSSR count). The minimum atomic E-state index is -3.35. The van der Waals surface area contributed by atoms with Crippen molar-refractivity contribution in [2.24, 2.45) is 0 Å². The molecule has 2 aromatic carbocycles. The fourth-order valence-corrected chi connectivity index (χ4v) is 2.46. The lowest BCUT2D eigenvalue weighted by Gasteiger charge is -2.08. The van der Waals surface area contributed by atoms with Gasteiger partial charge in [-0.15, -0.1) is 0 Å². The molecule has 0 fully saturated rings. The van der Waals surface area contributed by atoms with Crippen LogP contribution in [0.2, 0.25) is 5.02 Å². The van der Waals surface area contributed by atoms with Crippen LogP contribution >= 0.6 is 11.6 Å². The Hall–Kier alpha value is -2.25. The Bertz CT molecular complexity index is 804. The number of aromatic hydroxyl groups is 1. The molecule has 0 atom stereocenters. The number of hydrogen-bond acceptors (Lipinski definition) is 4. The van der Waals surface area contributed by atoms with Crippen molar-refractivity contribution >= 4 is 38.9 Å². The number of carbonyl (C=O) groups is 1. The second-order valence-electron chi connectivity index (χ2n) is 4.57. The predicted molar refractivity (Wildman–Crippen MR) is 86.0 cm³/mol. The van der Waals surface area contributed by atoms with E-state index in [1.165, 1.54) is 42.5 Å². The molecule has 1 amide bonds. The van der Waals surface area contributed by atoms with Crippen LogP contribution in [0.3, 0.4) is 0 Å². The third-order valence-corrected chi connectivity index (χ3v) is 3.49. The highest BCUT2D eigenvalue weighted by Gasteiger charge is 2.12. The van der Waals surface area contributed by atoms with Crippen molar-refractivity contribution in [3.05, 3.63) is 53.1 Å². The zero-order valence-corrected chi connectivity index (χ0v) is 13.1. The number of sulfonamides is 1. The Labute approximate surface area is 132 Å². The molecule has 0 saturated heterocycles. The highest BCUT2D eigenvalue weighted by molar-refractivity contribution is 7.92. The fourth-order valence-electron chi connectivity index (χ4n) is 1.72. The molecule has 0 unspecified atom stereocenters. The van der Waals surface area contributed by atoms with Crippen LogP contribution in [0, 0.1) is 0 Å². The van der Waals surface area contributed by atoms with E-state index in [-0.39, 0.29) is 11.3 Å². The second-order valence-corrected chi connectivity index (χ2v) is 6.75. The number of anilines is 2. The van der Waals surface area contributed by atoms with E-state index in [2.05, 4.69) is 10.0 Å². The summed E-state index contributed by atoms with van der Waals surface area (Å²) in [5, 5.41) is 12.6. The lowest BCUT2D eigenvalue weighted by molar-refractivity contribution is 0.102. The maximum absolute atomic E-state index is 12.1. The Morgan fingerprint density at radius 2 is 1.68 bits per heavy atom. The Morgan fingerprint density at radius 3 is 2.27 bits per heavy atom. The van der Waals surface area contributed by atoms with Gasteiger partial charge in [-0.25, -0.2) is 8.42 Å². The van der Waals surface area contributed by atoms with E-state index in [0.717, 1.165) is 6.26 Å². The number of benzene rings is 2. The van der Waals surface area contributed by atoms with E-state index in [9.17, 15) is 18.3 Å². The van der Waals surface area contributed by atoms with Gasteiger partial charge in [-0.05, 0) is 42.5 Å². The molecular weight excluding hydrogens is 328 g/mol. The largest absolute Gasteiger partial charge is 0.507 e. The molecule has 8 heteroatoms. The summed E-state index contributed by atoms with van der Waals surface area (Å²) in [5.41, 5.74) is 0.875. The number of halogens is 1. The van der Waals surface area contributed by atoms with Crippen LogP contribution in [-0.4, -0.2) is 25.7 Å². The highest BCUT2D eigenvalue weighted by atomic mass is 35.5. The maximum atomic E-state index is 12.1. The Kier molecular flexibility index (Phi) is 4.58. The van der Waals surface area contributed by atoms with E-state index < -0.39 is 15.9 Å². The first kappa shape index (κ1) is 16.1. The maximum Gasteiger partial charge on any atom is 0.259 e. The number of carbonyl (C=O) groups excluding carboxylic acids is 1. The van der Waals surface area contributed by atoms with Crippen molar-refractivity contribution < 1.29 is 18.3 Å². The summed E-state index contributed by atoms with van der Waals surface area (Å²) in [6, 6.07) is 10.2. The van der Waals surface area contributed by atoms with Crippen molar-refractivity contribution in [2.45, 2.75) is 0 Å². The predicted octanol–water partition coefficient (Wildman–Crippen LogP) is 2.67. The van der Waals surface area contributed by atoms with Gasteiger partial charge in [0.2, 0.25) is 10.0 Å². The Balaban J connectivity index is 2.14. The van der Waals surface area contributed by atoms with E-state index in [4.69, 9.17) is 11.6 Å². The van der Waals surface area contributed by atoms with Crippen LogP contribution in [0.1, 0.15) is 10.4 Å². The molecule has 3 N–H and O–H groups in total. The van der Waals surface area contributed by atoms with Crippen LogP contribution in [-0.2, 0) is 10.0 Å². The van der Waals surface area contributed by atoms with Crippen molar-refractivity contribution in [3.8, 4) is 5.75 Å². The second kappa shape index (κ2) is 6.25. The number of phenols is 1. The van der Waals surface area contributed by atoms with E-state index in [1.54, 1.807) is 0 Å². The average Bonchev–Trinajstić information content (AvgIpc) is 2.42. The van der Waals surface area contributed by atoms with Crippen LogP contribution in [0.4, 0.5) is 11.4 Å². The molecule has 0 aliphatic carbocycles. The van der Waals surface area contributed by atoms with Gasteiger partial charge >= 0.3 is 0 Å². The van der Waals surface area contributed by atoms with Crippen LogP contribution in [0.25, 0.3) is 0 Å².